The van der Waals surface area contributed by atoms with E-state index < -0.39 is 6.23 Å². The van der Waals surface area contributed by atoms with Crippen molar-refractivity contribution >= 4 is 11.6 Å². The lowest BCUT2D eigenvalue weighted by atomic mass is 10.0. The molecule has 1 aromatic carbocycles. The molecular weight excluding hydrogens is 186 g/mol. The average Bonchev–Trinajstić information content (AvgIpc) is 2.46. The highest BCUT2D eigenvalue weighted by molar-refractivity contribution is 6.30. The van der Waals surface area contributed by atoms with E-state index in [2.05, 4.69) is 0 Å². The van der Waals surface area contributed by atoms with Crippen molar-refractivity contribution in [1.29, 1.82) is 0 Å². The fourth-order valence-corrected chi connectivity index (χ4v) is 2.17. The summed E-state index contributed by atoms with van der Waals surface area (Å²) in [6.45, 7) is 0. The lowest BCUT2D eigenvalue weighted by Crippen LogP contribution is -2.26. The third kappa shape index (κ3) is 1.57. The van der Waals surface area contributed by atoms with Gasteiger partial charge in [0.1, 0.15) is 6.23 Å². The van der Waals surface area contributed by atoms with Crippen molar-refractivity contribution in [1.82, 2.24) is 0 Å². The van der Waals surface area contributed by atoms with Crippen LogP contribution in [0.2, 0.25) is 5.02 Å². The van der Waals surface area contributed by atoms with E-state index in [4.69, 9.17) is 17.3 Å². The van der Waals surface area contributed by atoms with E-state index in [9.17, 15) is 5.11 Å². The first-order valence-corrected chi connectivity index (χ1v) is 4.78. The topological polar surface area (TPSA) is 46.2 Å². The van der Waals surface area contributed by atoms with Gasteiger partial charge in [0.05, 0.1) is 0 Å². The smallest absolute Gasteiger partial charge is 0.109 e. The molecule has 0 radical (unpaired) electrons. The molecule has 1 aromatic rings. The predicted molar refractivity (Wildman–Crippen MR) is 52.7 cm³/mol. The van der Waals surface area contributed by atoms with E-state index >= 15 is 0 Å². The highest BCUT2D eigenvalue weighted by Gasteiger charge is 2.26. The van der Waals surface area contributed by atoms with E-state index in [-0.39, 0.29) is 5.92 Å². The molecule has 2 unspecified atom stereocenters. The zero-order valence-corrected chi connectivity index (χ0v) is 7.96. The molecule has 0 aliphatic heterocycles. The molecule has 13 heavy (non-hydrogen) atoms. The Labute approximate surface area is 82.3 Å². The fraction of sp³-hybridized carbons (Fsp3) is 0.400. The second kappa shape index (κ2) is 3.29. The van der Waals surface area contributed by atoms with Crippen molar-refractivity contribution in [3.05, 3.63) is 34.3 Å². The summed E-state index contributed by atoms with van der Waals surface area (Å²) < 4.78 is 0. The Morgan fingerprint density at radius 3 is 3.00 bits per heavy atom. The van der Waals surface area contributed by atoms with E-state index in [1.54, 1.807) is 0 Å². The number of halogens is 1. The standard InChI is InChI=1S/C10H12ClNO/c11-7-2-4-8-6(5-7)1-3-9(8)10(12)13/h2,4-5,9-10,13H,1,3,12H2. The maximum atomic E-state index is 9.31. The number of hydrogen-bond acceptors (Lipinski definition) is 2. The first-order valence-electron chi connectivity index (χ1n) is 4.40. The van der Waals surface area contributed by atoms with Crippen LogP contribution in [0.25, 0.3) is 0 Å². The molecule has 2 atom stereocenters. The lowest BCUT2D eigenvalue weighted by molar-refractivity contribution is 0.150. The number of hydrogen-bond donors (Lipinski definition) is 2. The maximum absolute atomic E-state index is 9.31. The van der Waals surface area contributed by atoms with Crippen molar-refractivity contribution in [3.63, 3.8) is 0 Å². The average molecular weight is 198 g/mol. The maximum Gasteiger partial charge on any atom is 0.109 e. The van der Waals surface area contributed by atoms with E-state index in [0.29, 0.717) is 0 Å². The normalized spacial score (nSPS) is 22.8. The van der Waals surface area contributed by atoms with Gasteiger partial charge in [0.15, 0.2) is 0 Å². The number of benzene rings is 1. The summed E-state index contributed by atoms with van der Waals surface area (Å²) in [6.07, 6.45) is 1.14. The van der Waals surface area contributed by atoms with Crippen LogP contribution in [-0.2, 0) is 6.42 Å². The first-order chi connectivity index (χ1) is 6.18. The molecule has 2 nitrogen and oxygen atoms in total. The fourth-order valence-electron chi connectivity index (χ4n) is 1.97. The second-order valence-electron chi connectivity index (χ2n) is 3.48. The molecule has 3 heteroatoms. The minimum Gasteiger partial charge on any atom is -0.378 e. The van der Waals surface area contributed by atoms with Gasteiger partial charge in [-0.25, -0.2) is 0 Å². The Bertz CT molecular complexity index is 325. The van der Waals surface area contributed by atoms with E-state index in [0.717, 1.165) is 23.4 Å². The molecule has 1 aliphatic rings. The molecule has 0 aromatic heterocycles. The highest BCUT2D eigenvalue weighted by atomic mass is 35.5. The Hall–Kier alpha value is -0.570. The molecule has 2 rings (SSSR count). The molecule has 0 spiro atoms. The van der Waals surface area contributed by atoms with Crippen LogP contribution in [0.5, 0.6) is 0 Å². The summed E-state index contributed by atoms with van der Waals surface area (Å²) in [4.78, 5) is 0. The lowest BCUT2D eigenvalue weighted by Gasteiger charge is -2.14. The SMILES string of the molecule is NC(O)C1CCc2cc(Cl)ccc21. The van der Waals surface area contributed by atoms with Crippen LogP contribution in [0.4, 0.5) is 0 Å². The van der Waals surface area contributed by atoms with Gasteiger partial charge in [-0.2, -0.15) is 0 Å². The van der Waals surface area contributed by atoms with Crippen LogP contribution in [-0.4, -0.2) is 11.3 Å². The van der Waals surface area contributed by atoms with Gasteiger partial charge in [0.25, 0.3) is 0 Å². The monoisotopic (exact) mass is 197 g/mol. The summed E-state index contributed by atoms with van der Waals surface area (Å²) in [5, 5.41) is 10.1. The Morgan fingerprint density at radius 2 is 2.31 bits per heavy atom. The third-order valence-electron chi connectivity index (χ3n) is 2.64. The van der Waals surface area contributed by atoms with Gasteiger partial charge in [0, 0.05) is 10.9 Å². The summed E-state index contributed by atoms with van der Waals surface area (Å²) in [7, 11) is 0. The van der Waals surface area contributed by atoms with Gasteiger partial charge in [-0.05, 0) is 36.1 Å². The molecule has 70 valence electrons. The minimum atomic E-state index is -0.748. The van der Waals surface area contributed by atoms with E-state index in [1.165, 1.54) is 5.56 Å². The van der Waals surface area contributed by atoms with Gasteiger partial charge < -0.3 is 10.8 Å². The number of aryl methyl sites for hydroxylation is 1. The largest absolute Gasteiger partial charge is 0.378 e. The number of aliphatic hydroxyl groups is 1. The zero-order valence-electron chi connectivity index (χ0n) is 7.20. The summed E-state index contributed by atoms with van der Waals surface area (Å²) in [5.74, 6) is 0.0901. The van der Waals surface area contributed by atoms with Crippen molar-refractivity contribution in [2.24, 2.45) is 5.73 Å². The Balaban J connectivity index is 2.38. The van der Waals surface area contributed by atoms with Crippen molar-refractivity contribution < 1.29 is 5.11 Å². The summed E-state index contributed by atoms with van der Waals surface area (Å²) in [5.41, 5.74) is 7.85. The molecular formula is C10H12ClNO. The molecule has 0 fully saturated rings. The number of fused-ring (bicyclic) bond motifs is 1. The molecule has 0 bridgehead atoms. The van der Waals surface area contributed by atoms with Crippen LogP contribution >= 0.6 is 11.6 Å². The zero-order chi connectivity index (χ0) is 9.42. The molecule has 0 amide bonds. The summed E-state index contributed by atoms with van der Waals surface area (Å²) in [6, 6.07) is 5.77. The van der Waals surface area contributed by atoms with Crippen LogP contribution in [0, 0.1) is 0 Å². The molecule has 0 saturated carbocycles. The van der Waals surface area contributed by atoms with Gasteiger partial charge in [-0.3, -0.25) is 0 Å². The van der Waals surface area contributed by atoms with Gasteiger partial charge in [0.2, 0.25) is 0 Å². The van der Waals surface area contributed by atoms with Crippen LogP contribution in [0.1, 0.15) is 23.5 Å². The summed E-state index contributed by atoms with van der Waals surface area (Å²) >= 11 is 5.86. The van der Waals surface area contributed by atoms with Crippen LogP contribution in [0.3, 0.4) is 0 Å². The van der Waals surface area contributed by atoms with Crippen molar-refractivity contribution in [2.75, 3.05) is 0 Å². The van der Waals surface area contributed by atoms with Gasteiger partial charge >= 0.3 is 0 Å². The molecule has 1 aliphatic carbocycles. The van der Waals surface area contributed by atoms with E-state index in [1.807, 2.05) is 18.2 Å². The van der Waals surface area contributed by atoms with Crippen molar-refractivity contribution in [2.45, 2.75) is 25.0 Å². The van der Waals surface area contributed by atoms with Gasteiger partial charge in [-0.15, -0.1) is 0 Å². The predicted octanol–water partition coefficient (Wildman–Crippen LogP) is 1.65. The highest BCUT2D eigenvalue weighted by Crippen LogP contribution is 2.35. The quantitative estimate of drug-likeness (QED) is 0.673. The molecule has 0 heterocycles. The first kappa shape index (κ1) is 9.00. The number of rotatable bonds is 1. The molecule has 3 N–H and O–H groups in total. The number of aliphatic hydroxyl groups excluding tert-OH is 1. The van der Waals surface area contributed by atoms with Crippen LogP contribution in [0.15, 0.2) is 18.2 Å². The Morgan fingerprint density at radius 1 is 1.54 bits per heavy atom. The van der Waals surface area contributed by atoms with Gasteiger partial charge in [-0.1, -0.05) is 17.7 Å². The van der Waals surface area contributed by atoms with Crippen LogP contribution < -0.4 is 5.73 Å². The third-order valence-corrected chi connectivity index (χ3v) is 2.88. The second-order valence-corrected chi connectivity index (χ2v) is 3.92. The number of nitrogens with two attached hydrogens (primary N) is 1. The molecule has 0 saturated heterocycles. The van der Waals surface area contributed by atoms with Crippen molar-refractivity contribution in [3.8, 4) is 0 Å². The Kier molecular flexibility index (Phi) is 2.28. The minimum absolute atomic E-state index is 0.0901.